The van der Waals surface area contributed by atoms with Crippen molar-refractivity contribution in [1.29, 1.82) is 0 Å². The zero-order chi connectivity index (χ0) is 18.5. The number of carbonyl (C=O) groups excluding carboxylic acids is 2. The van der Waals surface area contributed by atoms with E-state index in [1.54, 1.807) is 29.2 Å². The number of amides is 2. The normalized spacial score (nSPS) is 14.1. The SMILES string of the molecule is COC(=O)c1ccccc1N1CCN(C(=O)Nc2cccc(F)c2)CC1. The zero-order valence-corrected chi connectivity index (χ0v) is 14.4. The van der Waals surface area contributed by atoms with Crippen LogP contribution in [0.2, 0.25) is 0 Å². The van der Waals surface area contributed by atoms with Crippen LogP contribution in [-0.4, -0.2) is 50.2 Å². The molecule has 0 unspecified atom stereocenters. The molecule has 26 heavy (non-hydrogen) atoms. The second-order valence-electron chi connectivity index (χ2n) is 5.92. The molecule has 0 aliphatic carbocycles. The smallest absolute Gasteiger partial charge is 0.339 e. The largest absolute Gasteiger partial charge is 0.465 e. The molecule has 2 amide bonds. The van der Waals surface area contributed by atoms with Crippen LogP contribution in [0.4, 0.5) is 20.6 Å². The Hall–Kier alpha value is -3.09. The minimum atomic E-state index is -0.396. The van der Waals surface area contributed by atoms with Gasteiger partial charge in [-0.05, 0) is 30.3 Å². The number of hydrogen-bond donors (Lipinski definition) is 1. The molecule has 7 heteroatoms. The fourth-order valence-electron chi connectivity index (χ4n) is 2.95. The minimum Gasteiger partial charge on any atom is -0.465 e. The van der Waals surface area contributed by atoms with Gasteiger partial charge in [-0.25, -0.2) is 14.0 Å². The van der Waals surface area contributed by atoms with E-state index >= 15 is 0 Å². The zero-order valence-electron chi connectivity index (χ0n) is 14.4. The Kier molecular flexibility index (Phi) is 5.36. The first-order valence-corrected chi connectivity index (χ1v) is 8.32. The number of urea groups is 1. The second-order valence-corrected chi connectivity index (χ2v) is 5.92. The van der Waals surface area contributed by atoms with Crippen LogP contribution >= 0.6 is 0 Å². The maximum atomic E-state index is 13.2. The molecule has 3 rings (SSSR count). The summed E-state index contributed by atoms with van der Waals surface area (Å²) in [4.78, 5) is 28.0. The molecule has 2 aromatic rings. The van der Waals surface area contributed by atoms with Crippen LogP contribution in [0, 0.1) is 5.82 Å². The lowest BCUT2D eigenvalue weighted by atomic mass is 10.1. The van der Waals surface area contributed by atoms with Crippen molar-refractivity contribution < 1.29 is 18.7 Å². The van der Waals surface area contributed by atoms with Crippen LogP contribution in [0.5, 0.6) is 0 Å². The third-order valence-electron chi connectivity index (χ3n) is 4.29. The molecule has 6 nitrogen and oxygen atoms in total. The van der Waals surface area contributed by atoms with Gasteiger partial charge in [0.1, 0.15) is 5.82 Å². The molecule has 1 aliphatic heterocycles. The number of methoxy groups -OCH3 is 1. The standard InChI is InChI=1S/C19H20FN3O3/c1-26-18(24)16-7-2-3-8-17(16)22-9-11-23(12-10-22)19(25)21-15-6-4-5-14(20)13-15/h2-8,13H,9-12H2,1H3,(H,21,25). The van der Waals surface area contributed by atoms with E-state index in [4.69, 9.17) is 4.74 Å². The highest BCUT2D eigenvalue weighted by Gasteiger charge is 2.24. The molecule has 136 valence electrons. The van der Waals surface area contributed by atoms with E-state index in [2.05, 4.69) is 10.2 Å². The van der Waals surface area contributed by atoms with Crippen LogP contribution in [-0.2, 0) is 4.74 Å². The van der Waals surface area contributed by atoms with Gasteiger partial charge in [-0.2, -0.15) is 0 Å². The van der Waals surface area contributed by atoms with Crippen molar-refractivity contribution in [2.75, 3.05) is 43.5 Å². The number of nitrogens with one attached hydrogen (secondary N) is 1. The number of benzene rings is 2. The summed E-state index contributed by atoms with van der Waals surface area (Å²) in [5.41, 5.74) is 1.73. The van der Waals surface area contributed by atoms with Gasteiger partial charge in [-0.1, -0.05) is 18.2 Å². The number of nitrogens with zero attached hydrogens (tertiary/aromatic N) is 2. The summed E-state index contributed by atoms with van der Waals surface area (Å²) in [5, 5.41) is 2.70. The fourth-order valence-corrected chi connectivity index (χ4v) is 2.95. The summed E-state index contributed by atoms with van der Waals surface area (Å²) in [5.74, 6) is -0.779. The van der Waals surface area contributed by atoms with Crippen molar-refractivity contribution in [3.63, 3.8) is 0 Å². The van der Waals surface area contributed by atoms with Crippen molar-refractivity contribution in [3.8, 4) is 0 Å². The number of piperazine rings is 1. The van der Waals surface area contributed by atoms with Crippen LogP contribution in [0.15, 0.2) is 48.5 Å². The first kappa shape index (κ1) is 17.7. The van der Waals surface area contributed by atoms with E-state index in [0.29, 0.717) is 37.4 Å². The van der Waals surface area contributed by atoms with Gasteiger partial charge >= 0.3 is 12.0 Å². The van der Waals surface area contributed by atoms with E-state index in [0.717, 1.165) is 5.69 Å². The maximum absolute atomic E-state index is 13.2. The van der Waals surface area contributed by atoms with Gasteiger partial charge in [0.2, 0.25) is 0 Å². The highest BCUT2D eigenvalue weighted by Crippen LogP contribution is 2.23. The lowest BCUT2D eigenvalue weighted by Crippen LogP contribution is -2.50. The fraction of sp³-hybridized carbons (Fsp3) is 0.263. The Morgan fingerprint density at radius 3 is 2.46 bits per heavy atom. The van der Waals surface area contributed by atoms with Crippen LogP contribution in [0.1, 0.15) is 10.4 Å². The highest BCUT2D eigenvalue weighted by molar-refractivity contribution is 5.96. The molecule has 1 saturated heterocycles. The molecule has 1 N–H and O–H groups in total. The number of para-hydroxylation sites is 1. The summed E-state index contributed by atoms with van der Waals surface area (Å²) < 4.78 is 18.1. The van der Waals surface area contributed by atoms with Gasteiger partial charge in [0.15, 0.2) is 0 Å². The van der Waals surface area contributed by atoms with E-state index in [9.17, 15) is 14.0 Å². The van der Waals surface area contributed by atoms with Crippen molar-refractivity contribution in [2.45, 2.75) is 0 Å². The average Bonchev–Trinajstić information content (AvgIpc) is 2.67. The number of esters is 1. The number of ether oxygens (including phenoxy) is 1. The highest BCUT2D eigenvalue weighted by atomic mass is 19.1. The van der Waals surface area contributed by atoms with E-state index in [1.807, 2.05) is 12.1 Å². The monoisotopic (exact) mass is 357 g/mol. The molecule has 0 spiro atoms. The van der Waals surface area contributed by atoms with E-state index in [1.165, 1.54) is 19.2 Å². The quantitative estimate of drug-likeness (QED) is 0.858. The molecular weight excluding hydrogens is 337 g/mol. The summed E-state index contributed by atoms with van der Waals surface area (Å²) in [6, 6.07) is 12.8. The predicted molar refractivity (Wildman–Crippen MR) is 97.0 cm³/mol. The number of anilines is 2. The van der Waals surface area contributed by atoms with E-state index < -0.39 is 5.82 Å². The molecule has 0 atom stereocenters. The molecular formula is C19H20FN3O3. The van der Waals surface area contributed by atoms with Crippen molar-refractivity contribution in [3.05, 3.63) is 59.9 Å². The maximum Gasteiger partial charge on any atom is 0.339 e. The third-order valence-corrected chi connectivity index (χ3v) is 4.29. The Labute approximate surface area is 151 Å². The van der Waals surface area contributed by atoms with Gasteiger partial charge in [-0.3, -0.25) is 0 Å². The van der Waals surface area contributed by atoms with Crippen LogP contribution < -0.4 is 10.2 Å². The molecule has 2 aromatic carbocycles. The van der Waals surface area contributed by atoms with Crippen molar-refractivity contribution in [1.82, 2.24) is 4.90 Å². The number of rotatable bonds is 3. The Bertz CT molecular complexity index is 804. The summed E-state index contributed by atoms with van der Waals surface area (Å²) in [7, 11) is 1.35. The van der Waals surface area contributed by atoms with Gasteiger partial charge in [-0.15, -0.1) is 0 Å². The Balaban J connectivity index is 1.63. The third kappa shape index (κ3) is 3.93. The van der Waals surface area contributed by atoms with Gasteiger partial charge in [0.05, 0.1) is 18.4 Å². The number of hydrogen-bond acceptors (Lipinski definition) is 4. The van der Waals surface area contributed by atoms with Gasteiger partial charge in [0.25, 0.3) is 0 Å². The molecule has 1 heterocycles. The van der Waals surface area contributed by atoms with Crippen LogP contribution in [0.25, 0.3) is 0 Å². The number of halogens is 1. The predicted octanol–water partition coefficient (Wildman–Crippen LogP) is 2.97. The van der Waals surface area contributed by atoms with Gasteiger partial charge in [0, 0.05) is 31.9 Å². The minimum absolute atomic E-state index is 0.267. The summed E-state index contributed by atoms with van der Waals surface area (Å²) in [6.07, 6.45) is 0. The molecule has 0 bridgehead atoms. The van der Waals surface area contributed by atoms with Crippen molar-refractivity contribution >= 4 is 23.4 Å². The summed E-state index contributed by atoms with van der Waals surface area (Å²) >= 11 is 0. The van der Waals surface area contributed by atoms with Gasteiger partial charge < -0.3 is 19.9 Å². The lowest BCUT2D eigenvalue weighted by molar-refractivity contribution is 0.0601. The average molecular weight is 357 g/mol. The molecule has 1 fully saturated rings. The van der Waals surface area contributed by atoms with Crippen molar-refractivity contribution in [2.24, 2.45) is 0 Å². The topological polar surface area (TPSA) is 61.9 Å². The first-order chi connectivity index (χ1) is 12.6. The number of carbonyl (C=O) groups is 2. The van der Waals surface area contributed by atoms with E-state index in [-0.39, 0.29) is 12.0 Å². The Morgan fingerprint density at radius 1 is 1.04 bits per heavy atom. The molecule has 0 radical (unpaired) electrons. The first-order valence-electron chi connectivity index (χ1n) is 8.32. The van der Waals surface area contributed by atoms with Crippen LogP contribution in [0.3, 0.4) is 0 Å². The Morgan fingerprint density at radius 2 is 1.77 bits per heavy atom. The molecule has 0 saturated carbocycles. The molecule has 1 aliphatic rings. The lowest BCUT2D eigenvalue weighted by Gasteiger charge is -2.36. The second kappa shape index (κ2) is 7.86. The molecule has 0 aromatic heterocycles. The summed E-state index contributed by atoms with van der Waals surface area (Å²) in [6.45, 7) is 2.17.